The number of hydrogen-bond acceptors (Lipinski definition) is 2. The first kappa shape index (κ1) is 9.92. The van der Waals surface area contributed by atoms with Crippen LogP contribution >= 0.6 is 0 Å². The molecule has 0 aliphatic heterocycles. The van der Waals surface area contributed by atoms with Gasteiger partial charge in [-0.05, 0) is 33.0 Å². The van der Waals surface area contributed by atoms with Crippen molar-refractivity contribution in [2.75, 3.05) is 19.6 Å². The summed E-state index contributed by atoms with van der Waals surface area (Å²) in [6.45, 7) is 9.79. The highest BCUT2D eigenvalue weighted by Gasteiger charge is 1.96. The predicted molar refractivity (Wildman–Crippen MR) is 46.3 cm³/mol. The van der Waals surface area contributed by atoms with Gasteiger partial charge in [-0.25, -0.2) is 0 Å². The van der Waals surface area contributed by atoms with Crippen molar-refractivity contribution >= 4 is 0 Å². The molecule has 2 N–H and O–H groups in total. The Morgan fingerprint density at radius 2 is 1.90 bits per heavy atom. The van der Waals surface area contributed by atoms with Crippen molar-refractivity contribution in [1.82, 2.24) is 10.6 Å². The van der Waals surface area contributed by atoms with Gasteiger partial charge in [-0.15, -0.1) is 0 Å². The van der Waals surface area contributed by atoms with Crippen molar-refractivity contribution < 1.29 is 0 Å². The van der Waals surface area contributed by atoms with Crippen LogP contribution in [0.3, 0.4) is 0 Å². The van der Waals surface area contributed by atoms with Crippen LogP contribution in [0.2, 0.25) is 0 Å². The van der Waals surface area contributed by atoms with Gasteiger partial charge in [-0.2, -0.15) is 0 Å². The van der Waals surface area contributed by atoms with Crippen LogP contribution in [0.15, 0.2) is 0 Å². The zero-order valence-corrected chi connectivity index (χ0v) is 7.41. The van der Waals surface area contributed by atoms with Crippen molar-refractivity contribution in [2.24, 2.45) is 0 Å². The summed E-state index contributed by atoms with van der Waals surface area (Å²) in [5.74, 6) is 0. The molecule has 10 heavy (non-hydrogen) atoms. The van der Waals surface area contributed by atoms with Crippen LogP contribution < -0.4 is 10.6 Å². The van der Waals surface area contributed by atoms with Crippen molar-refractivity contribution in [2.45, 2.75) is 33.2 Å². The maximum Gasteiger partial charge on any atom is 0.00506 e. The highest BCUT2D eigenvalue weighted by Crippen LogP contribution is 1.86. The van der Waals surface area contributed by atoms with E-state index in [2.05, 4.69) is 31.4 Å². The standard InChI is InChI=1S/C8H20N2/c1-4-9-7-6-8(3)10-5-2/h8-10H,4-7H2,1-3H3. The fourth-order valence-electron chi connectivity index (χ4n) is 0.946. The second-order valence-corrected chi connectivity index (χ2v) is 2.60. The molecule has 62 valence electrons. The van der Waals surface area contributed by atoms with E-state index in [1.54, 1.807) is 0 Å². The highest BCUT2D eigenvalue weighted by molar-refractivity contribution is 4.59. The summed E-state index contributed by atoms with van der Waals surface area (Å²) in [4.78, 5) is 0. The molecule has 0 aromatic heterocycles. The normalized spacial score (nSPS) is 13.5. The minimum absolute atomic E-state index is 0.657. The number of rotatable bonds is 6. The Kier molecular flexibility index (Phi) is 6.98. The molecular formula is C8H20N2. The van der Waals surface area contributed by atoms with E-state index in [9.17, 15) is 0 Å². The summed E-state index contributed by atoms with van der Waals surface area (Å²) in [5.41, 5.74) is 0. The molecule has 2 heteroatoms. The van der Waals surface area contributed by atoms with Gasteiger partial charge in [-0.3, -0.25) is 0 Å². The van der Waals surface area contributed by atoms with E-state index < -0.39 is 0 Å². The van der Waals surface area contributed by atoms with Crippen molar-refractivity contribution in [1.29, 1.82) is 0 Å². The van der Waals surface area contributed by atoms with Crippen LogP contribution in [-0.4, -0.2) is 25.7 Å². The smallest absolute Gasteiger partial charge is 0.00506 e. The van der Waals surface area contributed by atoms with E-state index in [-0.39, 0.29) is 0 Å². The minimum Gasteiger partial charge on any atom is -0.317 e. The molecule has 0 saturated heterocycles. The summed E-state index contributed by atoms with van der Waals surface area (Å²) in [7, 11) is 0. The van der Waals surface area contributed by atoms with E-state index >= 15 is 0 Å². The van der Waals surface area contributed by atoms with Gasteiger partial charge in [0.05, 0.1) is 0 Å². The monoisotopic (exact) mass is 144 g/mol. The molecule has 0 saturated carbocycles. The fourth-order valence-corrected chi connectivity index (χ4v) is 0.946. The maximum absolute atomic E-state index is 3.36. The lowest BCUT2D eigenvalue weighted by Gasteiger charge is -2.11. The molecule has 0 heterocycles. The molecule has 0 spiro atoms. The molecule has 0 aliphatic carbocycles. The fraction of sp³-hybridized carbons (Fsp3) is 1.00. The average molecular weight is 144 g/mol. The molecule has 0 rings (SSSR count). The first-order chi connectivity index (χ1) is 4.81. The third kappa shape index (κ3) is 6.05. The summed E-state index contributed by atoms with van der Waals surface area (Å²) in [5, 5.41) is 6.66. The molecule has 0 aromatic carbocycles. The Labute approximate surface area is 64.4 Å². The SMILES string of the molecule is CCNCCC(C)NCC. The second-order valence-electron chi connectivity index (χ2n) is 2.60. The Bertz CT molecular complexity index is 64.3. The van der Waals surface area contributed by atoms with Crippen molar-refractivity contribution in [3.63, 3.8) is 0 Å². The third-order valence-corrected chi connectivity index (χ3v) is 1.56. The lowest BCUT2D eigenvalue weighted by atomic mass is 10.2. The van der Waals surface area contributed by atoms with Gasteiger partial charge >= 0.3 is 0 Å². The second kappa shape index (κ2) is 7.03. The predicted octanol–water partition coefficient (Wildman–Crippen LogP) is 0.984. The molecule has 2 nitrogen and oxygen atoms in total. The average Bonchev–Trinajstić information content (AvgIpc) is 1.89. The summed E-state index contributed by atoms with van der Waals surface area (Å²) >= 11 is 0. The molecule has 0 bridgehead atoms. The van der Waals surface area contributed by atoms with E-state index in [4.69, 9.17) is 0 Å². The molecule has 0 amide bonds. The molecular weight excluding hydrogens is 124 g/mol. The van der Waals surface area contributed by atoms with Gasteiger partial charge in [0.25, 0.3) is 0 Å². The Hall–Kier alpha value is -0.0800. The van der Waals surface area contributed by atoms with E-state index in [1.165, 1.54) is 6.42 Å². The summed E-state index contributed by atoms with van der Waals surface area (Å²) in [6, 6.07) is 0.657. The topological polar surface area (TPSA) is 24.1 Å². The number of hydrogen-bond donors (Lipinski definition) is 2. The third-order valence-electron chi connectivity index (χ3n) is 1.56. The van der Waals surface area contributed by atoms with Crippen LogP contribution in [0.5, 0.6) is 0 Å². The van der Waals surface area contributed by atoms with Gasteiger partial charge in [0.2, 0.25) is 0 Å². The lowest BCUT2D eigenvalue weighted by molar-refractivity contribution is 0.509. The first-order valence-corrected chi connectivity index (χ1v) is 4.25. The van der Waals surface area contributed by atoms with Crippen molar-refractivity contribution in [3.8, 4) is 0 Å². The quantitative estimate of drug-likeness (QED) is 0.543. The molecule has 0 radical (unpaired) electrons. The van der Waals surface area contributed by atoms with Crippen LogP contribution in [0.25, 0.3) is 0 Å². The molecule has 1 atom stereocenters. The molecule has 1 unspecified atom stereocenters. The van der Waals surface area contributed by atoms with Gasteiger partial charge in [0.1, 0.15) is 0 Å². The van der Waals surface area contributed by atoms with Gasteiger partial charge in [0.15, 0.2) is 0 Å². The largest absolute Gasteiger partial charge is 0.317 e. The Balaban J connectivity index is 2.97. The van der Waals surface area contributed by atoms with Crippen LogP contribution in [-0.2, 0) is 0 Å². The zero-order chi connectivity index (χ0) is 7.82. The van der Waals surface area contributed by atoms with E-state index in [0.717, 1.165) is 19.6 Å². The zero-order valence-electron chi connectivity index (χ0n) is 7.41. The van der Waals surface area contributed by atoms with E-state index in [0.29, 0.717) is 6.04 Å². The van der Waals surface area contributed by atoms with Gasteiger partial charge in [0, 0.05) is 6.04 Å². The Morgan fingerprint density at radius 3 is 2.40 bits per heavy atom. The van der Waals surface area contributed by atoms with Gasteiger partial charge in [-0.1, -0.05) is 13.8 Å². The molecule has 0 aromatic rings. The van der Waals surface area contributed by atoms with E-state index in [1.807, 2.05) is 0 Å². The lowest BCUT2D eigenvalue weighted by Crippen LogP contribution is -2.29. The van der Waals surface area contributed by atoms with Crippen molar-refractivity contribution in [3.05, 3.63) is 0 Å². The number of nitrogens with one attached hydrogen (secondary N) is 2. The Morgan fingerprint density at radius 1 is 1.20 bits per heavy atom. The highest BCUT2D eigenvalue weighted by atomic mass is 14.9. The molecule has 0 aliphatic rings. The minimum atomic E-state index is 0.657. The summed E-state index contributed by atoms with van der Waals surface area (Å²) in [6.07, 6.45) is 1.22. The maximum atomic E-state index is 3.36. The van der Waals surface area contributed by atoms with Gasteiger partial charge < -0.3 is 10.6 Å². The molecule has 0 fully saturated rings. The van der Waals surface area contributed by atoms with Crippen LogP contribution in [0, 0.1) is 0 Å². The van der Waals surface area contributed by atoms with Crippen LogP contribution in [0.1, 0.15) is 27.2 Å². The van der Waals surface area contributed by atoms with Crippen LogP contribution in [0.4, 0.5) is 0 Å². The first-order valence-electron chi connectivity index (χ1n) is 4.25. The summed E-state index contributed by atoms with van der Waals surface area (Å²) < 4.78 is 0.